The monoisotopic (exact) mass is 160 g/mol. The predicted octanol–water partition coefficient (Wildman–Crippen LogP) is 1.08. The van der Waals surface area contributed by atoms with Crippen molar-refractivity contribution in [3.05, 3.63) is 0 Å². The van der Waals surface area contributed by atoms with E-state index < -0.39 is 0 Å². The van der Waals surface area contributed by atoms with E-state index in [2.05, 4.69) is 17.5 Å². The molecule has 0 spiro atoms. The van der Waals surface area contributed by atoms with Crippen molar-refractivity contribution < 1.29 is 0 Å². The largest absolute Gasteiger partial charge is 0.324 e. The maximum atomic E-state index is 6.06. The predicted molar refractivity (Wildman–Crippen MR) is 47.0 cm³/mol. The summed E-state index contributed by atoms with van der Waals surface area (Å²) in [5.74, 6) is 0. The van der Waals surface area contributed by atoms with Gasteiger partial charge in [0, 0.05) is 12.1 Å². The maximum absolute atomic E-state index is 6.06. The van der Waals surface area contributed by atoms with Gasteiger partial charge in [-0.3, -0.25) is 4.72 Å². The Bertz CT molecular complexity index is 94.3. The van der Waals surface area contributed by atoms with Crippen LogP contribution in [0.3, 0.4) is 0 Å². The highest BCUT2D eigenvalue weighted by Gasteiger charge is 2.26. The fraction of sp³-hybridized carbons (Fsp3) is 1.00. The summed E-state index contributed by atoms with van der Waals surface area (Å²) in [7, 11) is 0. The van der Waals surface area contributed by atoms with E-state index in [1.165, 1.54) is 19.3 Å². The smallest absolute Gasteiger partial charge is 0.0290 e. The Morgan fingerprint density at radius 3 is 2.40 bits per heavy atom. The molecule has 0 radical (unpaired) electrons. The zero-order chi connectivity index (χ0) is 7.45. The van der Waals surface area contributed by atoms with Crippen molar-refractivity contribution in [3.8, 4) is 0 Å². The van der Waals surface area contributed by atoms with Crippen LogP contribution in [0.15, 0.2) is 0 Å². The summed E-state index contributed by atoms with van der Waals surface area (Å²) >= 11 is 3.95. The van der Waals surface area contributed by atoms with Crippen molar-refractivity contribution in [1.82, 2.24) is 4.72 Å². The average Bonchev–Trinajstić information content (AvgIpc) is 1.89. The maximum Gasteiger partial charge on any atom is 0.0290 e. The van der Waals surface area contributed by atoms with Gasteiger partial charge >= 0.3 is 0 Å². The van der Waals surface area contributed by atoms with E-state index in [-0.39, 0.29) is 5.54 Å². The van der Waals surface area contributed by atoms with Crippen LogP contribution in [0.25, 0.3) is 0 Å². The minimum atomic E-state index is 0.0417. The molecule has 1 saturated carbocycles. The van der Waals surface area contributed by atoms with Gasteiger partial charge < -0.3 is 5.73 Å². The minimum Gasteiger partial charge on any atom is -0.324 e. The molecule has 0 bridgehead atoms. The molecule has 0 unspecified atom stereocenters. The first-order valence-corrected chi connectivity index (χ1v) is 4.37. The molecule has 1 aliphatic rings. The van der Waals surface area contributed by atoms with Crippen LogP contribution in [-0.4, -0.2) is 12.1 Å². The molecule has 0 aromatic carbocycles. The Morgan fingerprint density at radius 1 is 1.30 bits per heavy atom. The molecule has 0 saturated heterocycles. The van der Waals surface area contributed by atoms with Gasteiger partial charge in [-0.1, -0.05) is 32.1 Å². The normalized spacial score (nSPS) is 24.6. The Balaban J connectivity index is 2.32. The van der Waals surface area contributed by atoms with Crippen molar-refractivity contribution in [3.63, 3.8) is 0 Å². The lowest BCUT2D eigenvalue weighted by Crippen LogP contribution is -2.48. The van der Waals surface area contributed by atoms with Crippen LogP contribution >= 0.6 is 12.8 Å². The number of thiol groups is 1. The summed E-state index contributed by atoms with van der Waals surface area (Å²) in [5, 5.41) is 0. The molecule has 60 valence electrons. The van der Waals surface area contributed by atoms with Crippen molar-refractivity contribution >= 4 is 12.8 Å². The van der Waals surface area contributed by atoms with Gasteiger partial charge in [-0.2, -0.15) is 0 Å². The fourth-order valence-electron chi connectivity index (χ4n) is 1.59. The molecule has 2 nitrogen and oxygen atoms in total. The molecule has 10 heavy (non-hydrogen) atoms. The van der Waals surface area contributed by atoms with Crippen molar-refractivity contribution in [2.75, 3.05) is 6.54 Å². The van der Waals surface area contributed by atoms with E-state index in [4.69, 9.17) is 5.73 Å². The molecule has 1 aliphatic carbocycles. The lowest BCUT2D eigenvalue weighted by Gasteiger charge is -2.32. The second-order valence-corrected chi connectivity index (χ2v) is 3.57. The van der Waals surface area contributed by atoms with E-state index in [1.807, 2.05) is 0 Å². The molecular weight excluding hydrogens is 144 g/mol. The third-order valence-electron chi connectivity index (χ3n) is 2.28. The van der Waals surface area contributed by atoms with Gasteiger partial charge in [0.15, 0.2) is 0 Å². The van der Waals surface area contributed by atoms with E-state index in [0.29, 0.717) is 0 Å². The molecule has 0 atom stereocenters. The number of hydrogen-bond donors (Lipinski definition) is 3. The van der Waals surface area contributed by atoms with Gasteiger partial charge in [0.2, 0.25) is 0 Å². The Kier molecular flexibility index (Phi) is 3.01. The second kappa shape index (κ2) is 3.60. The second-order valence-electron chi connectivity index (χ2n) is 3.26. The van der Waals surface area contributed by atoms with Crippen molar-refractivity contribution in [2.45, 2.75) is 37.6 Å². The SMILES string of the molecule is NC1(CNS)CCCCC1. The van der Waals surface area contributed by atoms with Gasteiger partial charge in [-0.05, 0) is 12.8 Å². The van der Waals surface area contributed by atoms with E-state index in [9.17, 15) is 0 Å². The molecule has 0 aromatic rings. The molecule has 3 heteroatoms. The lowest BCUT2D eigenvalue weighted by atomic mass is 9.83. The van der Waals surface area contributed by atoms with Gasteiger partial charge in [0.25, 0.3) is 0 Å². The minimum absolute atomic E-state index is 0.0417. The van der Waals surface area contributed by atoms with Crippen LogP contribution in [0.4, 0.5) is 0 Å². The number of nitrogens with one attached hydrogen (secondary N) is 1. The van der Waals surface area contributed by atoms with E-state index in [0.717, 1.165) is 19.4 Å². The van der Waals surface area contributed by atoms with Crippen LogP contribution < -0.4 is 10.5 Å². The molecule has 3 N–H and O–H groups in total. The Morgan fingerprint density at radius 2 is 1.90 bits per heavy atom. The number of nitrogens with two attached hydrogens (primary N) is 1. The third kappa shape index (κ3) is 2.15. The average molecular weight is 160 g/mol. The number of rotatable bonds is 2. The topological polar surface area (TPSA) is 38.0 Å². The standard InChI is InChI=1S/C7H16N2S/c8-7(6-9-10)4-2-1-3-5-7/h9-10H,1-6,8H2. The van der Waals surface area contributed by atoms with Gasteiger partial charge in [-0.25, -0.2) is 0 Å². The quantitative estimate of drug-likeness (QED) is 0.529. The highest BCUT2D eigenvalue weighted by atomic mass is 32.1. The molecule has 0 heterocycles. The first-order valence-electron chi connectivity index (χ1n) is 3.93. The van der Waals surface area contributed by atoms with Crippen LogP contribution in [0.5, 0.6) is 0 Å². The molecular formula is C7H16N2S. The first kappa shape index (κ1) is 8.37. The summed E-state index contributed by atoms with van der Waals surface area (Å²) < 4.78 is 2.85. The Hall–Kier alpha value is 0.270. The zero-order valence-corrected chi connectivity index (χ0v) is 7.16. The zero-order valence-electron chi connectivity index (χ0n) is 6.27. The van der Waals surface area contributed by atoms with E-state index >= 15 is 0 Å². The van der Waals surface area contributed by atoms with Gasteiger partial charge in [-0.15, -0.1) is 0 Å². The van der Waals surface area contributed by atoms with Crippen LogP contribution in [0.1, 0.15) is 32.1 Å². The van der Waals surface area contributed by atoms with E-state index in [1.54, 1.807) is 0 Å². The highest BCUT2D eigenvalue weighted by Crippen LogP contribution is 2.24. The summed E-state index contributed by atoms with van der Waals surface area (Å²) in [6.07, 6.45) is 6.23. The Labute approximate surface area is 68.1 Å². The first-order chi connectivity index (χ1) is 4.77. The molecule has 1 fully saturated rings. The summed E-state index contributed by atoms with van der Waals surface area (Å²) in [6, 6.07) is 0. The summed E-state index contributed by atoms with van der Waals surface area (Å²) in [5.41, 5.74) is 6.10. The van der Waals surface area contributed by atoms with Gasteiger partial charge in [0.1, 0.15) is 0 Å². The van der Waals surface area contributed by atoms with Crippen molar-refractivity contribution in [1.29, 1.82) is 0 Å². The van der Waals surface area contributed by atoms with Gasteiger partial charge in [0.05, 0.1) is 0 Å². The highest BCUT2D eigenvalue weighted by molar-refractivity contribution is 7.78. The van der Waals surface area contributed by atoms with Crippen LogP contribution in [0.2, 0.25) is 0 Å². The molecule has 0 aliphatic heterocycles. The summed E-state index contributed by atoms with van der Waals surface area (Å²) in [4.78, 5) is 0. The summed E-state index contributed by atoms with van der Waals surface area (Å²) in [6.45, 7) is 0.843. The molecule has 0 aromatic heterocycles. The third-order valence-corrected chi connectivity index (χ3v) is 2.44. The van der Waals surface area contributed by atoms with Crippen LogP contribution in [-0.2, 0) is 0 Å². The molecule has 0 amide bonds. The lowest BCUT2D eigenvalue weighted by molar-refractivity contribution is 0.299. The fourth-order valence-corrected chi connectivity index (χ4v) is 1.91. The molecule has 1 rings (SSSR count). The van der Waals surface area contributed by atoms with Crippen LogP contribution in [0, 0.1) is 0 Å². The number of hydrogen-bond acceptors (Lipinski definition) is 3. The van der Waals surface area contributed by atoms with Crippen molar-refractivity contribution in [2.24, 2.45) is 5.73 Å².